The topological polar surface area (TPSA) is 23.5 Å². The zero-order chi connectivity index (χ0) is 12.4. The third kappa shape index (κ3) is 2.54. The van der Waals surface area contributed by atoms with E-state index in [4.69, 9.17) is 0 Å². The van der Waals surface area contributed by atoms with Crippen molar-refractivity contribution in [2.75, 3.05) is 13.1 Å². The van der Waals surface area contributed by atoms with Crippen LogP contribution in [0.15, 0.2) is 35.6 Å². The third-order valence-corrected chi connectivity index (χ3v) is 4.58. The van der Waals surface area contributed by atoms with Crippen molar-refractivity contribution in [1.29, 1.82) is 0 Å². The van der Waals surface area contributed by atoms with E-state index in [2.05, 4.69) is 17.1 Å². The molecule has 1 N–H and O–H groups in total. The lowest BCUT2D eigenvalue weighted by molar-refractivity contribution is 0.0669. The van der Waals surface area contributed by atoms with Gasteiger partial charge in [0.15, 0.2) is 0 Å². The lowest BCUT2D eigenvalue weighted by atomic mass is 9.81. The number of nitrogens with zero attached hydrogens (tertiary/aromatic N) is 1. The fourth-order valence-corrected chi connectivity index (χ4v) is 3.41. The van der Waals surface area contributed by atoms with Gasteiger partial charge in [0, 0.05) is 6.04 Å². The van der Waals surface area contributed by atoms with E-state index < -0.39 is 0 Å². The Balaban J connectivity index is 1.69. The highest BCUT2D eigenvalue weighted by Gasteiger charge is 2.31. The number of hydrogen-bond acceptors (Lipinski definition) is 2. The lowest BCUT2D eigenvalue weighted by Gasteiger charge is -2.44. The second-order valence-corrected chi connectivity index (χ2v) is 5.81. The molecule has 0 aromatic carbocycles. The van der Waals surface area contributed by atoms with Gasteiger partial charge in [0.1, 0.15) is 5.76 Å². The number of aliphatic hydroxyl groups excluding tert-OH is 1. The summed E-state index contributed by atoms with van der Waals surface area (Å²) in [6.07, 6.45) is 16.1. The Labute approximate surface area is 110 Å². The van der Waals surface area contributed by atoms with E-state index in [1.54, 1.807) is 0 Å². The summed E-state index contributed by atoms with van der Waals surface area (Å²) in [6, 6.07) is 0.785. The van der Waals surface area contributed by atoms with Crippen LogP contribution in [0.3, 0.4) is 0 Å². The molecular weight excluding hydrogens is 222 g/mol. The Morgan fingerprint density at radius 2 is 1.94 bits per heavy atom. The molecule has 0 radical (unpaired) electrons. The molecule has 18 heavy (non-hydrogen) atoms. The summed E-state index contributed by atoms with van der Waals surface area (Å²) in [5.41, 5.74) is 1.38. The Hall–Kier alpha value is -1.02. The summed E-state index contributed by atoms with van der Waals surface area (Å²) in [7, 11) is 0. The first kappa shape index (κ1) is 12.0. The molecule has 2 atom stereocenters. The quantitative estimate of drug-likeness (QED) is 0.804. The Morgan fingerprint density at radius 1 is 1.11 bits per heavy atom. The van der Waals surface area contributed by atoms with Crippen LogP contribution in [0, 0.1) is 5.92 Å². The van der Waals surface area contributed by atoms with E-state index in [-0.39, 0.29) is 0 Å². The van der Waals surface area contributed by atoms with Crippen molar-refractivity contribution in [3.05, 3.63) is 35.6 Å². The van der Waals surface area contributed by atoms with Gasteiger partial charge in [0.2, 0.25) is 0 Å². The van der Waals surface area contributed by atoms with Gasteiger partial charge < -0.3 is 5.11 Å². The van der Waals surface area contributed by atoms with Crippen LogP contribution < -0.4 is 0 Å². The summed E-state index contributed by atoms with van der Waals surface area (Å²) in [4.78, 5) is 2.67. The van der Waals surface area contributed by atoms with E-state index in [9.17, 15) is 5.11 Å². The molecule has 2 fully saturated rings. The number of allylic oxidation sites excluding steroid dienone is 4. The van der Waals surface area contributed by atoms with Crippen molar-refractivity contribution in [3.63, 3.8) is 0 Å². The first-order valence-corrected chi connectivity index (χ1v) is 7.35. The van der Waals surface area contributed by atoms with E-state index in [1.165, 1.54) is 50.8 Å². The van der Waals surface area contributed by atoms with E-state index in [0.29, 0.717) is 5.76 Å². The maximum absolute atomic E-state index is 9.36. The third-order valence-electron chi connectivity index (χ3n) is 4.58. The minimum Gasteiger partial charge on any atom is -0.508 e. The molecule has 1 heterocycles. The Kier molecular flexibility index (Phi) is 3.55. The predicted molar refractivity (Wildman–Crippen MR) is 74.5 cm³/mol. The minimum absolute atomic E-state index is 0.412. The minimum atomic E-state index is 0.412. The maximum Gasteiger partial charge on any atom is 0.111 e. The van der Waals surface area contributed by atoms with E-state index in [0.717, 1.165) is 18.4 Å². The molecule has 0 aromatic rings. The maximum atomic E-state index is 9.36. The van der Waals surface area contributed by atoms with Gasteiger partial charge in [-0.1, -0.05) is 25.0 Å². The average Bonchev–Trinajstić information content (AvgIpc) is 2.32. The van der Waals surface area contributed by atoms with Crippen LogP contribution in [0.4, 0.5) is 0 Å². The van der Waals surface area contributed by atoms with Crippen molar-refractivity contribution in [1.82, 2.24) is 4.90 Å². The van der Waals surface area contributed by atoms with Crippen molar-refractivity contribution in [3.8, 4) is 0 Å². The summed E-state index contributed by atoms with van der Waals surface area (Å²) in [5, 5.41) is 9.36. The molecule has 98 valence electrons. The highest BCUT2D eigenvalue weighted by atomic mass is 16.3. The van der Waals surface area contributed by atoms with E-state index >= 15 is 0 Å². The van der Waals surface area contributed by atoms with Crippen molar-refractivity contribution in [2.24, 2.45) is 5.92 Å². The molecule has 3 rings (SSSR count). The first-order chi connectivity index (χ1) is 8.83. The molecule has 1 aliphatic heterocycles. The molecule has 2 nitrogen and oxygen atoms in total. The Morgan fingerprint density at radius 3 is 2.61 bits per heavy atom. The number of hydrogen-bond donors (Lipinski definition) is 1. The second-order valence-electron chi connectivity index (χ2n) is 5.81. The van der Waals surface area contributed by atoms with Gasteiger partial charge in [0.25, 0.3) is 0 Å². The van der Waals surface area contributed by atoms with Crippen LogP contribution in [0.5, 0.6) is 0 Å². The molecule has 0 bridgehead atoms. The molecule has 0 aromatic heterocycles. The monoisotopic (exact) mass is 245 g/mol. The largest absolute Gasteiger partial charge is 0.508 e. The van der Waals surface area contributed by atoms with Gasteiger partial charge >= 0.3 is 0 Å². The average molecular weight is 245 g/mol. The molecule has 1 saturated carbocycles. The molecular formula is C16H23NO. The number of rotatable bonds is 2. The Bertz CT molecular complexity index is 390. The molecule has 1 saturated heterocycles. The van der Waals surface area contributed by atoms with Crippen LogP contribution in [-0.2, 0) is 0 Å². The second kappa shape index (κ2) is 5.31. The highest BCUT2D eigenvalue weighted by Crippen LogP contribution is 2.33. The fraction of sp³-hybridized carbons (Fsp3) is 0.625. The van der Waals surface area contributed by atoms with Crippen LogP contribution in [-0.4, -0.2) is 29.1 Å². The summed E-state index contributed by atoms with van der Waals surface area (Å²) < 4.78 is 0. The predicted octanol–water partition coefficient (Wildman–Crippen LogP) is 3.58. The summed E-state index contributed by atoms with van der Waals surface area (Å²) in [6.45, 7) is 2.61. The van der Waals surface area contributed by atoms with Crippen molar-refractivity contribution >= 4 is 0 Å². The number of aliphatic hydroxyl groups is 1. The molecule has 0 amide bonds. The van der Waals surface area contributed by atoms with Gasteiger partial charge in [0.05, 0.1) is 0 Å². The van der Waals surface area contributed by atoms with Gasteiger partial charge in [-0.25, -0.2) is 0 Å². The molecule has 3 aliphatic rings. The molecule has 2 heteroatoms. The van der Waals surface area contributed by atoms with E-state index in [1.807, 2.05) is 12.2 Å². The van der Waals surface area contributed by atoms with Crippen molar-refractivity contribution in [2.45, 2.75) is 44.6 Å². The molecule has 0 spiro atoms. The zero-order valence-corrected chi connectivity index (χ0v) is 11.0. The van der Waals surface area contributed by atoms with Crippen LogP contribution in [0.25, 0.3) is 0 Å². The van der Waals surface area contributed by atoms with Crippen LogP contribution in [0.2, 0.25) is 0 Å². The molecule has 2 unspecified atom stereocenters. The lowest BCUT2D eigenvalue weighted by Crippen LogP contribution is -2.49. The summed E-state index contributed by atoms with van der Waals surface area (Å²) in [5.74, 6) is 1.14. The number of likely N-dealkylation sites (tertiary alicyclic amines) is 1. The smallest absolute Gasteiger partial charge is 0.111 e. The van der Waals surface area contributed by atoms with Gasteiger partial charge in [-0.05, 0) is 62.4 Å². The summed E-state index contributed by atoms with van der Waals surface area (Å²) >= 11 is 0. The normalized spacial score (nSPS) is 35.3. The SMILES string of the molecule is OC1=CCC(=CC2CCCCC2N2CCC2)C=C1. The molecule has 2 aliphatic carbocycles. The van der Waals surface area contributed by atoms with Gasteiger partial charge in [-0.3, -0.25) is 4.90 Å². The first-order valence-electron chi connectivity index (χ1n) is 7.35. The van der Waals surface area contributed by atoms with Crippen LogP contribution in [0.1, 0.15) is 38.5 Å². The van der Waals surface area contributed by atoms with Crippen molar-refractivity contribution < 1.29 is 5.11 Å². The zero-order valence-electron chi connectivity index (χ0n) is 11.0. The standard InChI is InChI=1S/C16H23NO/c18-15-8-6-13(7-9-15)12-14-4-1-2-5-16(14)17-10-3-11-17/h6,8-9,12,14,16,18H,1-5,7,10-11H2. The van der Waals surface area contributed by atoms with Gasteiger partial charge in [-0.2, -0.15) is 0 Å². The fourth-order valence-electron chi connectivity index (χ4n) is 3.41. The highest BCUT2D eigenvalue weighted by molar-refractivity contribution is 5.33. The van der Waals surface area contributed by atoms with Crippen LogP contribution >= 0.6 is 0 Å². The van der Waals surface area contributed by atoms with Gasteiger partial charge in [-0.15, -0.1) is 0 Å².